The predicted molar refractivity (Wildman–Crippen MR) is 75.0 cm³/mol. The van der Waals surface area contributed by atoms with E-state index in [0.29, 0.717) is 5.56 Å². The Balaban J connectivity index is 3.08. The molecule has 0 bridgehead atoms. The van der Waals surface area contributed by atoms with E-state index in [4.69, 9.17) is 10.5 Å². The average Bonchev–Trinajstić information content (AvgIpc) is 2.36. The van der Waals surface area contributed by atoms with Crippen LogP contribution >= 0.6 is 0 Å². The molecule has 0 aliphatic carbocycles. The number of hydrogen-bond acceptors (Lipinski definition) is 4. The first-order valence-corrected chi connectivity index (χ1v) is 6.93. The summed E-state index contributed by atoms with van der Waals surface area (Å²) in [6.07, 6.45) is -5.43. The summed E-state index contributed by atoms with van der Waals surface area (Å²) in [7, 11) is 0. The number of halogens is 3. The highest BCUT2D eigenvalue weighted by Gasteiger charge is 2.32. The second-order valence-electron chi connectivity index (χ2n) is 5.13. The number of carbonyl (C=O) groups excluding carboxylic acids is 1. The molecule has 2 unspecified atom stereocenters. The molecule has 3 N–H and O–H groups in total. The van der Waals surface area contributed by atoms with E-state index in [9.17, 15) is 23.1 Å². The number of benzene rings is 1. The Morgan fingerprint density at radius 2 is 2.00 bits per heavy atom. The molecule has 0 saturated heterocycles. The monoisotopic (exact) mass is 319 g/mol. The topological polar surface area (TPSA) is 72.5 Å². The lowest BCUT2D eigenvalue weighted by atomic mass is 9.96. The molecule has 0 aliphatic rings. The van der Waals surface area contributed by atoms with E-state index in [1.807, 2.05) is 0 Å². The van der Waals surface area contributed by atoms with Gasteiger partial charge in [-0.2, -0.15) is 13.2 Å². The van der Waals surface area contributed by atoms with Crippen LogP contribution in [-0.2, 0) is 22.1 Å². The zero-order valence-electron chi connectivity index (χ0n) is 12.5. The molecule has 0 aromatic heterocycles. The molecule has 0 radical (unpaired) electrons. The van der Waals surface area contributed by atoms with Crippen LogP contribution in [0.2, 0.25) is 0 Å². The number of alkyl halides is 3. The molecule has 0 spiro atoms. The normalized spacial score (nSPS) is 14.5. The van der Waals surface area contributed by atoms with Crippen LogP contribution in [0.25, 0.3) is 0 Å². The largest absolute Gasteiger partial charge is 0.466 e. The molecule has 0 amide bonds. The van der Waals surface area contributed by atoms with Crippen molar-refractivity contribution in [3.63, 3.8) is 0 Å². The molecule has 0 aliphatic heterocycles. The van der Waals surface area contributed by atoms with E-state index in [-0.39, 0.29) is 25.0 Å². The van der Waals surface area contributed by atoms with Crippen molar-refractivity contribution >= 4 is 5.97 Å². The molecule has 2 atom stereocenters. The summed E-state index contributed by atoms with van der Waals surface area (Å²) in [5, 5.41) is 9.36. The summed E-state index contributed by atoms with van der Waals surface area (Å²) in [5.41, 5.74) is 5.47. The highest BCUT2D eigenvalue weighted by atomic mass is 19.4. The zero-order valence-corrected chi connectivity index (χ0v) is 12.5. The number of aliphatic hydroxyl groups excluding tert-OH is 1. The quantitative estimate of drug-likeness (QED) is 0.791. The van der Waals surface area contributed by atoms with Crippen LogP contribution < -0.4 is 5.73 Å². The van der Waals surface area contributed by atoms with Crippen molar-refractivity contribution in [1.29, 1.82) is 0 Å². The van der Waals surface area contributed by atoms with E-state index in [1.165, 1.54) is 13.0 Å². The van der Waals surface area contributed by atoms with Crippen molar-refractivity contribution in [2.24, 2.45) is 5.73 Å². The van der Waals surface area contributed by atoms with Crippen LogP contribution in [-0.4, -0.2) is 23.8 Å². The number of rotatable bonds is 6. The molecule has 1 aromatic rings. The maximum absolute atomic E-state index is 12.9. The molecule has 1 aromatic carbocycles. The fourth-order valence-corrected chi connectivity index (χ4v) is 2.07. The Labute approximate surface area is 127 Å². The number of carbonyl (C=O) groups is 1. The van der Waals surface area contributed by atoms with Crippen LogP contribution in [0, 0.1) is 0 Å². The van der Waals surface area contributed by atoms with Gasteiger partial charge in [-0.3, -0.25) is 4.79 Å². The summed E-state index contributed by atoms with van der Waals surface area (Å²) >= 11 is 0. The smallest absolute Gasteiger partial charge is 0.416 e. The minimum atomic E-state index is -4.52. The molecule has 0 fully saturated rings. The maximum Gasteiger partial charge on any atom is 0.416 e. The van der Waals surface area contributed by atoms with Crippen LogP contribution in [0.15, 0.2) is 18.2 Å². The molecule has 4 nitrogen and oxygen atoms in total. The van der Waals surface area contributed by atoms with Gasteiger partial charge < -0.3 is 15.6 Å². The maximum atomic E-state index is 12.9. The molecule has 124 valence electrons. The van der Waals surface area contributed by atoms with Gasteiger partial charge in [-0.15, -0.1) is 0 Å². The summed E-state index contributed by atoms with van der Waals surface area (Å²) < 4.78 is 43.6. The van der Waals surface area contributed by atoms with Gasteiger partial charge in [0.2, 0.25) is 0 Å². The third-order valence-corrected chi connectivity index (χ3v) is 2.99. The number of esters is 1. The molecule has 0 heterocycles. The third kappa shape index (κ3) is 5.65. The lowest BCUT2D eigenvalue weighted by molar-refractivity contribution is -0.143. The Hall–Kier alpha value is -1.60. The number of aliphatic hydroxyl groups is 1. The Bertz CT molecular complexity index is 515. The van der Waals surface area contributed by atoms with Gasteiger partial charge in [-0.05, 0) is 43.5 Å². The first kappa shape index (κ1) is 18.4. The molecule has 22 heavy (non-hydrogen) atoms. The third-order valence-electron chi connectivity index (χ3n) is 2.99. The fraction of sp³-hybridized carbons (Fsp3) is 0.533. The minimum absolute atomic E-state index is 0.0725. The summed E-state index contributed by atoms with van der Waals surface area (Å²) in [6.45, 7) is 3.30. The van der Waals surface area contributed by atoms with Crippen LogP contribution in [0.5, 0.6) is 0 Å². The Morgan fingerprint density at radius 1 is 1.36 bits per heavy atom. The molecular formula is C15H20F3NO3. The van der Waals surface area contributed by atoms with E-state index >= 15 is 0 Å². The SMILES string of the molecule is CCOC(=O)CC(N)c1cc(CC(C)O)cc(C(F)(F)F)c1. The molecule has 0 saturated carbocycles. The number of ether oxygens (including phenoxy) is 1. The van der Waals surface area contributed by atoms with Gasteiger partial charge in [0.05, 0.1) is 24.7 Å². The summed E-state index contributed by atoms with van der Waals surface area (Å²) in [4.78, 5) is 11.4. The highest BCUT2D eigenvalue weighted by molar-refractivity contribution is 5.70. The Kier molecular flexibility index (Phi) is 6.37. The fourth-order valence-electron chi connectivity index (χ4n) is 2.07. The van der Waals surface area contributed by atoms with Crippen LogP contribution in [0.4, 0.5) is 13.2 Å². The highest BCUT2D eigenvalue weighted by Crippen LogP contribution is 2.32. The van der Waals surface area contributed by atoms with Gasteiger partial charge in [0.25, 0.3) is 0 Å². The average molecular weight is 319 g/mol. The lowest BCUT2D eigenvalue weighted by Crippen LogP contribution is -2.19. The first-order valence-electron chi connectivity index (χ1n) is 6.93. The van der Waals surface area contributed by atoms with E-state index in [1.54, 1.807) is 6.92 Å². The van der Waals surface area contributed by atoms with Crippen molar-refractivity contribution in [1.82, 2.24) is 0 Å². The van der Waals surface area contributed by atoms with Gasteiger partial charge >= 0.3 is 12.1 Å². The van der Waals surface area contributed by atoms with Gasteiger partial charge in [-0.1, -0.05) is 6.07 Å². The van der Waals surface area contributed by atoms with Crippen molar-refractivity contribution in [2.75, 3.05) is 6.61 Å². The predicted octanol–water partition coefficient (Wildman–Crippen LogP) is 2.58. The lowest BCUT2D eigenvalue weighted by Gasteiger charge is -2.17. The minimum Gasteiger partial charge on any atom is -0.466 e. The number of nitrogens with two attached hydrogens (primary N) is 1. The molecule has 7 heteroatoms. The van der Waals surface area contributed by atoms with Crippen molar-refractivity contribution in [2.45, 2.75) is 45.0 Å². The zero-order chi connectivity index (χ0) is 16.9. The van der Waals surface area contributed by atoms with Gasteiger partial charge in [0.1, 0.15) is 0 Å². The Morgan fingerprint density at radius 3 is 2.50 bits per heavy atom. The second-order valence-corrected chi connectivity index (χ2v) is 5.13. The summed E-state index contributed by atoms with van der Waals surface area (Å²) in [5.74, 6) is -0.565. The van der Waals surface area contributed by atoms with E-state index in [0.717, 1.165) is 12.1 Å². The van der Waals surface area contributed by atoms with Crippen LogP contribution in [0.3, 0.4) is 0 Å². The van der Waals surface area contributed by atoms with Gasteiger partial charge in [0.15, 0.2) is 0 Å². The van der Waals surface area contributed by atoms with Crippen LogP contribution in [0.1, 0.15) is 43.0 Å². The van der Waals surface area contributed by atoms with Crippen molar-refractivity contribution in [3.8, 4) is 0 Å². The van der Waals surface area contributed by atoms with E-state index in [2.05, 4.69) is 0 Å². The standard InChI is InChI=1S/C15H20F3NO3/c1-3-22-14(21)8-13(19)11-5-10(4-9(2)20)6-12(7-11)15(16,17)18/h5-7,9,13,20H,3-4,8,19H2,1-2H3. The summed E-state index contributed by atoms with van der Waals surface area (Å²) in [6, 6.07) is 2.49. The number of hydrogen-bond donors (Lipinski definition) is 2. The van der Waals surface area contributed by atoms with Crippen molar-refractivity contribution in [3.05, 3.63) is 34.9 Å². The van der Waals surface area contributed by atoms with E-state index < -0.39 is 29.9 Å². The molecule has 1 rings (SSSR count). The first-order chi connectivity index (χ1) is 10.1. The molecular weight excluding hydrogens is 299 g/mol. The van der Waals surface area contributed by atoms with Crippen molar-refractivity contribution < 1.29 is 27.8 Å². The van der Waals surface area contributed by atoms with Gasteiger partial charge in [-0.25, -0.2) is 0 Å². The van der Waals surface area contributed by atoms with Gasteiger partial charge in [0, 0.05) is 6.04 Å². The second kappa shape index (κ2) is 7.60.